The van der Waals surface area contributed by atoms with Gasteiger partial charge in [0.2, 0.25) is 0 Å². The lowest BCUT2D eigenvalue weighted by Gasteiger charge is -2.04. The van der Waals surface area contributed by atoms with Crippen molar-refractivity contribution in [1.29, 1.82) is 0 Å². The molecule has 7 heteroatoms. The van der Waals surface area contributed by atoms with Crippen LogP contribution in [0.5, 0.6) is 5.75 Å². The van der Waals surface area contributed by atoms with Crippen LogP contribution in [-0.2, 0) is 9.59 Å². The van der Waals surface area contributed by atoms with E-state index in [2.05, 4.69) is 10.3 Å². The summed E-state index contributed by atoms with van der Waals surface area (Å²) in [6.45, 7) is 4.10. The van der Waals surface area contributed by atoms with Crippen LogP contribution in [0, 0.1) is 13.8 Å². The first-order valence-corrected chi connectivity index (χ1v) is 9.54. The van der Waals surface area contributed by atoms with Gasteiger partial charge < -0.3 is 15.2 Å². The molecule has 2 aromatic carbocycles. The van der Waals surface area contributed by atoms with Crippen molar-refractivity contribution in [2.75, 3.05) is 6.61 Å². The average molecular weight is 396 g/mol. The van der Waals surface area contributed by atoms with Gasteiger partial charge in [-0.05, 0) is 66.6 Å². The average Bonchev–Trinajstić information content (AvgIpc) is 2.98. The highest BCUT2D eigenvalue weighted by Gasteiger charge is 2.24. The number of rotatable bonds is 6. The van der Waals surface area contributed by atoms with Crippen molar-refractivity contribution in [3.63, 3.8) is 0 Å². The smallest absolute Gasteiger partial charge is 0.306 e. The van der Waals surface area contributed by atoms with Crippen LogP contribution < -0.4 is 10.1 Å². The number of carboxylic acids is 1. The Hall–Kier alpha value is -3.06. The lowest BCUT2D eigenvalue weighted by Crippen LogP contribution is -2.19. The highest BCUT2D eigenvalue weighted by molar-refractivity contribution is 8.18. The first-order valence-electron chi connectivity index (χ1n) is 8.72. The molecule has 2 N–H and O–H groups in total. The van der Waals surface area contributed by atoms with E-state index in [1.165, 1.54) is 11.8 Å². The maximum absolute atomic E-state index is 12.2. The van der Waals surface area contributed by atoms with Crippen LogP contribution in [0.2, 0.25) is 0 Å². The lowest BCUT2D eigenvalue weighted by molar-refractivity contribution is -0.137. The number of nitrogens with one attached hydrogen (secondary N) is 1. The molecule has 144 valence electrons. The quantitative estimate of drug-likeness (QED) is 0.719. The highest BCUT2D eigenvalue weighted by atomic mass is 32.2. The number of aryl methyl sites for hydroxylation is 2. The summed E-state index contributed by atoms with van der Waals surface area (Å²) in [5.74, 6) is -0.496. The predicted octanol–water partition coefficient (Wildman–Crippen LogP) is 4.05. The van der Waals surface area contributed by atoms with E-state index in [0.717, 1.165) is 22.4 Å². The van der Waals surface area contributed by atoms with Gasteiger partial charge in [0.1, 0.15) is 5.75 Å². The number of hydrogen-bond acceptors (Lipinski definition) is 5. The SMILES string of the molecule is Cc1ccc(C)c(N=C2NC(=O)/C(=C\c3ccc(OCCC(=O)O)cc3)S2)c1. The van der Waals surface area contributed by atoms with Gasteiger partial charge in [0, 0.05) is 0 Å². The number of amidine groups is 1. The fraction of sp³-hybridized carbons (Fsp3) is 0.190. The van der Waals surface area contributed by atoms with E-state index in [1.54, 1.807) is 18.2 Å². The molecule has 1 heterocycles. The molecule has 0 unspecified atom stereocenters. The number of aliphatic imine (C=N–C) groups is 1. The maximum atomic E-state index is 12.2. The summed E-state index contributed by atoms with van der Waals surface area (Å²) < 4.78 is 5.36. The first-order chi connectivity index (χ1) is 13.4. The van der Waals surface area contributed by atoms with Crippen molar-refractivity contribution in [1.82, 2.24) is 5.32 Å². The number of carbonyl (C=O) groups excluding carboxylic acids is 1. The summed E-state index contributed by atoms with van der Waals surface area (Å²) in [5, 5.41) is 12.0. The van der Waals surface area contributed by atoms with Gasteiger partial charge in [0.05, 0.1) is 23.6 Å². The normalized spacial score (nSPS) is 16.4. The van der Waals surface area contributed by atoms with Gasteiger partial charge in [0.25, 0.3) is 5.91 Å². The van der Waals surface area contributed by atoms with Gasteiger partial charge in [-0.25, -0.2) is 4.99 Å². The molecule has 1 aliphatic rings. The number of aliphatic carboxylic acids is 1. The highest BCUT2D eigenvalue weighted by Crippen LogP contribution is 2.29. The van der Waals surface area contributed by atoms with Gasteiger partial charge in [-0.1, -0.05) is 24.3 Å². The Bertz CT molecular complexity index is 965. The monoisotopic (exact) mass is 396 g/mol. The largest absolute Gasteiger partial charge is 0.493 e. The van der Waals surface area contributed by atoms with Crippen LogP contribution in [0.1, 0.15) is 23.1 Å². The zero-order valence-corrected chi connectivity index (χ0v) is 16.4. The predicted molar refractivity (Wildman–Crippen MR) is 111 cm³/mol. The molecule has 0 spiro atoms. The Morgan fingerprint density at radius 2 is 1.96 bits per heavy atom. The summed E-state index contributed by atoms with van der Waals surface area (Å²) in [6.07, 6.45) is 1.73. The second-order valence-corrected chi connectivity index (χ2v) is 7.36. The van der Waals surface area contributed by atoms with Crippen LogP contribution in [0.3, 0.4) is 0 Å². The zero-order valence-electron chi connectivity index (χ0n) is 15.6. The molecule has 1 saturated heterocycles. The third-order valence-corrected chi connectivity index (χ3v) is 4.91. The van der Waals surface area contributed by atoms with E-state index < -0.39 is 5.97 Å². The van der Waals surface area contributed by atoms with Crippen molar-refractivity contribution in [2.45, 2.75) is 20.3 Å². The van der Waals surface area contributed by atoms with E-state index in [-0.39, 0.29) is 18.9 Å². The molecule has 0 bridgehead atoms. The summed E-state index contributed by atoms with van der Waals surface area (Å²) >= 11 is 1.30. The number of carbonyl (C=O) groups is 2. The van der Waals surface area contributed by atoms with E-state index in [1.807, 2.05) is 44.2 Å². The second kappa shape index (κ2) is 8.75. The van der Waals surface area contributed by atoms with Crippen molar-refractivity contribution >= 4 is 40.6 Å². The number of thioether (sulfide) groups is 1. The van der Waals surface area contributed by atoms with E-state index in [0.29, 0.717) is 15.8 Å². The molecule has 0 radical (unpaired) electrons. The topological polar surface area (TPSA) is 88.0 Å². The lowest BCUT2D eigenvalue weighted by atomic mass is 10.1. The molecule has 3 rings (SSSR count). The molecule has 28 heavy (non-hydrogen) atoms. The Labute approximate surface area is 167 Å². The van der Waals surface area contributed by atoms with Crippen molar-refractivity contribution in [2.24, 2.45) is 4.99 Å². The number of benzene rings is 2. The molecule has 6 nitrogen and oxygen atoms in total. The van der Waals surface area contributed by atoms with E-state index in [9.17, 15) is 9.59 Å². The summed E-state index contributed by atoms with van der Waals surface area (Å²) in [4.78, 5) is 27.9. The number of amides is 1. The Morgan fingerprint density at radius 3 is 2.68 bits per heavy atom. The molecule has 0 atom stereocenters. The van der Waals surface area contributed by atoms with Gasteiger partial charge >= 0.3 is 5.97 Å². The number of nitrogens with zero attached hydrogens (tertiary/aromatic N) is 1. The van der Waals surface area contributed by atoms with Gasteiger partial charge in [0.15, 0.2) is 5.17 Å². The minimum atomic E-state index is -0.899. The van der Waals surface area contributed by atoms with Gasteiger partial charge in [-0.2, -0.15) is 0 Å². The van der Waals surface area contributed by atoms with E-state index >= 15 is 0 Å². The summed E-state index contributed by atoms with van der Waals surface area (Å²) in [7, 11) is 0. The summed E-state index contributed by atoms with van der Waals surface area (Å²) in [5.41, 5.74) is 3.84. The Morgan fingerprint density at radius 1 is 1.21 bits per heavy atom. The van der Waals surface area contributed by atoms with Crippen LogP contribution >= 0.6 is 11.8 Å². The fourth-order valence-corrected chi connectivity index (χ4v) is 3.33. The molecular weight excluding hydrogens is 376 g/mol. The van der Waals surface area contributed by atoms with Crippen LogP contribution in [0.15, 0.2) is 52.4 Å². The number of carboxylic acid groups (broad SMARTS) is 1. The molecule has 0 aromatic heterocycles. The van der Waals surface area contributed by atoms with Crippen molar-refractivity contribution < 1.29 is 19.4 Å². The molecule has 1 fully saturated rings. The van der Waals surface area contributed by atoms with Crippen molar-refractivity contribution in [3.8, 4) is 5.75 Å². The van der Waals surface area contributed by atoms with Crippen LogP contribution in [0.25, 0.3) is 6.08 Å². The fourth-order valence-electron chi connectivity index (χ4n) is 2.50. The van der Waals surface area contributed by atoms with Crippen molar-refractivity contribution in [3.05, 3.63) is 64.1 Å². The molecular formula is C21H20N2O4S. The van der Waals surface area contributed by atoms with Crippen LogP contribution in [0.4, 0.5) is 5.69 Å². The van der Waals surface area contributed by atoms with E-state index in [4.69, 9.17) is 9.84 Å². The molecule has 2 aromatic rings. The number of hydrogen-bond donors (Lipinski definition) is 2. The van der Waals surface area contributed by atoms with Gasteiger partial charge in [-0.15, -0.1) is 0 Å². The minimum Gasteiger partial charge on any atom is -0.493 e. The molecule has 1 amide bonds. The zero-order chi connectivity index (χ0) is 20.1. The molecule has 0 saturated carbocycles. The molecule has 1 aliphatic heterocycles. The first kappa shape index (κ1) is 19.7. The Kier molecular flexibility index (Phi) is 6.16. The summed E-state index contributed by atoms with van der Waals surface area (Å²) in [6, 6.07) is 13.1. The standard InChI is InChI=1S/C21H20N2O4S/c1-13-3-4-14(2)17(11-13)22-21-23-20(26)18(28-21)12-15-5-7-16(8-6-15)27-10-9-19(24)25/h3-8,11-12H,9-10H2,1-2H3,(H,24,25)(H,22,23,26)/b18-12+. The third-order valence-electron chi connectivity index (χ3n) is 4.00. The van der Waals surface area contributed by atoms with Gasteiger partial charge in [-0.3, -0.25) is 9.59 Å². The molecule has 0 aliphatic carbocycles. The minimum absolute atomic E-state index is 0.0505. The second-order valence-electron chi connectivity index (χ2n) is 6.33. The number of ether oxygens (including phenoxy) is 1. The van der Waals surface area contributed by atoms with Crippen LogP contribution in [-0.4, -0.2) is 28.8 Å². The maximum Gasteiger partial charge on any atom is 0.306 e. The third kappa shape index (κ3) is 5.23. The Balaban J connectivity index is 1.69.